The first-order valence-electron chi connectivity index (χ1n) is 8.72. The second-order valence-corrected chi connectivity index (χ2v) is 7.17. The Hall–Kier alpha value is -3.26. The van der Waals surface area contributed by atoms with Crippen molar-refractivity contribution in [1.29, 1.82) is 0 Å². The predicted octanol–water partition coefficient (Wildman–Crippen LogP) is 4.75. The lowest BCUT2D eigenvalue weighted by Gasteiger charge is -2.03. The van der Waals surface area contributed by atoms with Gasteiger partial charge in [-0.1, -0.05) is 17.8 Å². The van der Waals surface area contributed by atoms with Gasteiger partial charge >= 0.3 is 0 Å². The quantitative estimate of drug-likeness (QED) is 0.439. The molecule has 0 aromatic carbocycles. The van der Waals surface area contributed by atoms with E-state index in [1.165, 1.54) is 11.8 Å². The number of thioether (sulfide) groups is 1. The van der Waals surface area contributed by atoms with Gasteiger partial charge in [0, 0.05) is 18.4 Å². The summed E-state index contributed by atoms with van der Waals surface area (Å²) in [5.74, 6) is 2.36. The van der Waals surface area contributed by atoms with Crippen LogP contribution < -0.4 is 5.32 Å². The van der Waals surface area contributed by atoms with E-state index in [-0.39, 0.29) is 5.91 Å². The van der Waals surface area contributed by atoms with Crippen LogP contribution in [0.4, 0.5) is 5.82 Å². The number of pyridine rings is 1. The number of aromatic amines is 1. The molecule has 0 radical (unpaired) electrons. The first kappa shape index (κ1) is 18.1. The number of nitrogens with zero attached hydrogens (tertiary/aromatic N) is 2. The summed E-state index contributed by atoms with van der Waals surface area (Å²) >= 11 is 1.46. The van der Waals surface area contributed by atoms with E-state index in [0.717, 1.165) is 11.3 Å². The minimum Gasteiger partial charge on any atom is -0.463 e. The predicted molar refractivity (Wildman–Crippen MR) is 107 cm³/mol. The topological polar surface area (TPSA) is 97.0 Å². The van der Waals surface area contributed by atoms with Crippen LogP contribution in [-0.4, -0.2) is 26.6 Å². The standard InChI is InChI=1S/C20H18N4O3S/c1-13-6-7-16(21-12-13)22-17(25)8-11-28-20-23-18(14-4-2-9-26-14)19(24-20)15-5-3-10-27-15/h2-7,9-10,12H,8,11H2,1H3,(H,23,24)(H,21,22,25). The van der Waals surface area contributed by atoms with Crippen molar-refractivity contribution in [2.75, 3.05) is 11.1 Å². The molecule has 7 nitrogen and oxygen atoms in total. The molecule has 0 fully saturated rings. The summed E-state index contributed by atoms with van der Waals surface area (Å²) in [6.45, 7) is 1.95. The Morgan fingerprint density at radius 2 is 1.93 bits per heavy atom. The average molecular weight is 394 g/mol. The van der Waals surface area contributed by atoms with Crippen LogP contribution in [0.1, 0.15) is 12.0 Å². The molecule has 4 aromatic rings. The van der Waals surface area contributed by atoms with Gasteiger partial charge in [-0.2, -0.15) is 0 Å². The summed E-state index contributed by atoms with van der Waals surface area (Å²) in [7, 11) is 0. The van der Waals surface area contributed by atoms with E-state index in [1.54, 1.807) is 24.8 Å². The summed E-state index contributed by atoms with van der Waals surface area (Å²) in [4.78, 5) is 24.2. The molecule has 0 aliphatic heterocycles. The molecule has 0 saturated heterocycles. The van der Waals surface area contributed by atoms with Gasteiger partial charge in [0.05, 0.1) is 12.5 Å². The van der Waals surface area contributed by atoms with Crippen LogP contribution in [0.2, 0.25) is 0 Å². The van der Waals surface area contributed by atoms with Crippen LogP contribution in [0.3, 0.4) is 0 Å². The second-order valence-electron chi connectivity index (χ2n) is 6.09. The normalized spacial score (nSPS) is 10.9. The van der Waals surface area contributed by atoms with E-state index in [2.05, 4.69) is 20.3 Å². The van der Waals surface area contributed by atoms with E-state index in [4.69, 9.17) is 8.83 Å². The third-order valence-corrected chi connectivity index (χ3v) is 4.83. The van der Waals surface area contributed by atoms with Gasteiger partial charge in [-0.05, 0) is 42.8 Å². The van der Waals surface area contributed by atoms with E-state index < -0.39 is 0 Å². The van der Waals surface area contributed by atoms with Crippen LogP contribution in [0.25, 0.3) is 22.9 Å². The summed E-state index contributed by atoms with van der Waals surface area (Å²) < 4.78 is 11.0. The van der Waals surface area contributed by atoms with Gasteiger partial charge in [0.2, 0.25) is 5.91 Å². The Bertz CT molecular complexity index is 986. The number of carbonyl (C=O) groups is 1. The van der Waals surface area contributed by atoms with E-state index >= 15 is 0 Å². The molecule has 0 bridgehead atoms. The minimum absolute atomic E-state index is 0.0899. The molecular weight excluding hydrogens is 376 g/mol. The molecule has 0 spiro atoms. The Morgan fingerprint density at radius 3 is 2.61 bits per heavy atom. The van der Waals surface area contributed by atoms with Crippen LogP contribution in [0.15, 0.2) is 69.1 Å². The maximum atomic E-state index is 12.1. The first-order chi connectivity index (χ1) is 13.7. The highest BCUT2D eigenvalue weighted by molar-refractivity contribution is 7.99. The summed E-state index contributed by atoms with van der Waals surface area (Å²) in [6.07, 6.45) is 5.27. The lowest BCUT2D eigenvalue weighted by molar-refractivity contribution is -0.115. The smallest absolute Gasteiger partial charge is 0.226 e. The second kappa shape index (κ2) is 8.18. The third kappa shape index (κ3) is 4.17. The number of aromatic nitrogens is 3. The van der Waals surface area contributed by atoms with Crippen LogP contribution in [0, 0.1) is 6.92 Å². The number of imidazole rings is 1. The zero-order chi connectivity index (χ0) is 19.3. The highest BCUT2D eigenvalue weighted by Gasteiger charge is 2.18. The van der Waals surface area contributed by atoms with Gasteiger partial charge in [-0.3, -0.25) is 4.79 Å². The highest BCUT2D eigenvalue weighted by Crippen LogP contribution is 2.33. The van der Waals surface area contributed by atoms with Crippen molar-refractivity contribution in [1.82, 2.24) is 15.0 Å². The van der Waals surface area contributed by atoms with Crippen LogP contribution >= 0.6 is 11.8 Å². The van der Waals surface area contributed by atoms with Gasteiger partial charge in [0.15, 0.2) is 16.7 Å². The largest absolute Gasteiger partial charge is 0.463 e. The zero-order valence-electron chi connectivity index (χ0n) is 15.1. The Labute approximate surface area is 165 Å². The van der Waals surface area contributed by atoms with Crippen molar-refractivity contribution in [3.8, 4) is 22.9 Å². The average Bonchev–Trinajstić information content (AvgIpc) is 3.44. The summed E-state index contributed by atoms with van der Waals surface area (Å²) in [5.41, 5.74) is 2.47. The maximum Gasteiger partial charge on any atom is 0.226 e. The number of amides is 1. The molecule has 0 atom stereocenters. The molecule has 4 aromatic heterocycles. The molecule has 4 heterocycles. The highest BCUT2D eigenvalue weighted by atomic mass is 32.2. The molecule has 8 heteroatoms. The van der Waals surface area contributed by atoms with Crippen molar-refractivity contribution < 1.29 is 13.6 Å². The number of H-pyrrole nitrogens is 1. The van der Waals surface area contributed by atoms with Crippen molar-refractivity contribution in [3.63, 3.8) is 0 Å². The molecule has 142 valence electrons. The molecule has 0 aliphatic carbocycles. The molecule has 0 saturated carbocycles. The molecule has 2 N–H and O–H groups in total. The fraction of sp³-hybridized carbons (Fsp3) is 0.150. The third-order valence-electron chi connectivity index (χ3n) is 3.95. The summed E-state index contributed by atoms with van der Waals surface area (Å²) in [6, 6.07) is 11.0. The molecule has 28 heavy (non-hydrogen) atoms. The van der Waals surface area contributed by atoms with Gasteiger partial charge in [0.25, 0.3) is 0 Å². The van der Waals surface area contributed by atoms with E-state index in [9.17, 15) is 4.79 Å². The number of aryl methyl sites for hydroxylation is 1. The lowest BCUT2D eigenvalue weighted by atomic mass is 10.2. The first-order valence-corrected chi connectivity index (χ1v) is 9.70. The molecular formula is C20H18N4O3S. The fourth-order valence-electron chi connectivity index (χ4n) is 2.60. The zero-order valence-corrected chi connectivity index (χ0v) is 16.0. The van der Waals surface area contributed by atoms with Crippen molar-refractivity contribution in [2.24, 2.45) is 0 Å². The number of furan rings is 2. The summed E-state index contributed by atoms with van der Waals surface area (Å²) in [5, 5.41) is 3.49. The molecule has 1 amide bonds. The van der Waals surface area contributed by atoms with Gasteiger partial charge in [-0.15, -0.1) is 0 Å². The number of anilines is 1. The Morgan fingerprint density at radius 1 is 1.14 bits per heavy atom. The number of rotatable bonds is 7. The lowest BCUT2D eigenvalue weighted by Crippen LogP contribution is -2.13. The number of carbonyl (C=O) groups excluding carboxylic acids is 1. The Balaban J connectivity index is 1.40. The minimum atomic E-state index is -0.0899. The molecule has 4 rings (SSSR count). The number of nitrogens with one attached hydrogen (secondary N) is 2. The Kier molecular flexibility index (Phi) is 5.29. The van der Waals surface area contributed by atoms with Gasteiger partial charge in [0.1, 0.15) is 17.2 Å². The molecule has 0 unspecified atom stereocenters. The van der Waals surface area contributed by atoms with Crippen LogP contribution in [0.5, 0.6) is 0 Å². The van der Waals surface area contributed by atoms with E-state index in [0.29, 0.717) is 40.4 Å². The van der Waals surface area contributed by atoms with Crippen molar-refractivity contribution in [2.45, 2.75) is 18.5 Å². The van der Waals surface area contributed by atoms with Crippen LogP contribution in [-0.2, 0) is 4.79 Å². The molecule has 0 aliphatic rings. The van der Waals surface area contributed by atoms with Crippen molar-refractivity contribution >= 4 is 23.5 Å². The van der Waals surface area contributed by atoms with Gasteiger partial charge < -0.3 is 19.1 Å². The number of hydrogen-bond acceptors (Lipinski definition) is 6. The van der Waals surface area contributed by atoms with Gasteiger partial charge in [-0.25, -0.2) is 9.97 Å². The number of hydrogen-bond donors (Lipinski definition) is 2. The SMILES string of the molecule is Cc1ccc(NC(=O)CCSc2nc(-c3ccco3)c(-c3ccco3)[nH]2)nc1. The van der Waals surface area contributed by atoms with Crippen molar-refractivity contribution in [3.05, 3.63) is 60.7 Å². The maximum absolute atomic E-state index is 12.1. The monoisotopic (exact) mass is 394 g/mol. The van der Waals surface area contributed by atoms with E-state index in [1.807, 2.05) is 37.3 Å². The fourth-order valence-corrected chi connectivity index (χ4v) is 3.41.